The summed E-state index contributed by atoms with van der Waals surface area (Å²) in [6.07, 6.45) is 0. The van der Waals surface area contributed by atoms with Gasteiger partial charge in [-0.15, -0.1) is 0 Å². The molecule has 0 spiro atoms. The largest absolute Gasteiger partial charge is 0.336 e. The van der Waals surface area contributed by atoms with Gasteiger partial charge in [-0.05, 0) is 29.8 Å². The molecule has 5 heteroatoms. The molecule has 32 heavy (non-hydrogen) atoms. The molecule has 2 heterocycles. The summed E-state index contributed by atoms with van der Waals surface area (Å²) in [4.78, 5) is 22.7. The molecule has 0 N–H and O–H groups in total. The van der Waals surface area contributed by atoms with E-state index in [0.29, 0.717) is 10.6 Å². The molecule has 1 fully saturated rings. The molecular weight excluding hydrogens is 418 g/mol. The number of hydrogen-bond acceptors (Lipinski definition) is 3. The number of hydrogen-bond donors (Lipinski definition) is 0. The number of para-hydroxylation sites is 1. The Morgan fingerprint density at radius 1 is 0.844 bits per heavy atom. The van der Waals surface area contributed by atoms with Gasteiger partial charge in [0, 0.05) is 48.7 Å². The van der Waals surface area contributed by atoms with E-state index < -0.39 is 0 Å². The van der Waals surface area contributed by atoms with Gasteiger partial charge in [0.1, 0.15) is 0 Å². The molecule has 0 atom stereocenters. The van der Waals surface area contributed by atoms with E-state index in [1.165, 1.54) is 5.56 Å². The van der Waals surface area contributed by atoms with Crippen molar-refractivity contribution in [1.82, 2.24) is 14.8 Å². The van der Waals surface area contributed by atoms with Crippen molar-refractivity contribution >= 4 is 28.4 Å². The highest BCUT2D eigenvalue weighted by Gasteiger charge is 2.24. The topological polar surface area (TPSA) is 36.4 Å². The molecule has 1 saturated heterocycles. The predicted molar refractivity (Wildman–Crippen MR) is 130 cm³/mol. The number of nitrogens with zero attached hydrogens (tertiary/aromatic N) is 3. The number of piperazine rings is 1. The number of carbonyl (C=O) groups excluding carboxylic acids is 1. The monoisotopic (exact) mass is 441 g/mol. The lowest BCUT2D eigenvalue weighted by Crippen LogP contribution is -2.48. The molecular formula is C27H24ClN3O. The second-order valence-electron chi connectivity index (χ2n) is 8.13. The van der Waals surface area contributed by atoms with Crippen LogP contribution in [0.5, 0.6) is 0 Å². The van der Waals surface area contributed by atoms with Gasteiger partial charge in [0.2, 0.25) is 0 Å². The van der Waals surface area contributed by atoms with Crippen LogP contribution in [0.25, 0.3) is 22.2 Å². The molecule has 0 unspecified atom stereocenters. The Morgan fingerprint density at radius 3 is 2.28 bits per heavy atom. The van der Waals surface area contributed by atoms with Crippen molar-refractivity contribution in [3.05, 3.63) is 101 Å². The summed E-state index contributed by atoms with van der Waals surface area (Å²) in [5.41, 5.74) is 4.57. The summed E-state index contributed by atoms with van der Waals surface area (Å²) in [5, 5.41) is 1.57. The summed E-state index contributed by atoms with van der Waals surface area (Å²) >= 11 is 6.06. The van der Waals surface area contributed by atoms with Crippen LogP contribution < -0.4 is 0 Å². The molecule has 1 aliphatic heterocycles. The second kappa shape index (κ2) is 9.11. The van der Waals surface area contributed by atoms with Crippen LogP contribution in [-0.2, 0) is 6.54 Å². The summed E-state index contributed by atoms with van der Waals surface area (Å²) in [7, 11) is 0. The number of rotatable bonds is 4. The third kappa shape index (κ3) is 4.38. The van der Waals surface area contributed by atoms with Gasteiger partial charge in [0.05, 0.1) is 16.8 Å². The smallest absolute Gasteiger partial charge is 0.254 e. The lowest BCUT2D eigenvalue weighted by atomic mass is 10.0. The molecule has 1 amide bonds. The van der Waals surface area contributed by atoms with Crippen LogP contribution in [0, 0.1) is 0 Å². The van der Waals surface area contributed by atoms with Crippen molar-refractivity contribution in [3.63, 3.8) is 0 Å². The zero-order valence-corrected chi connectivity index (χ0v) is 18.5. The van der Waals surface area contributed by atoms with Crippen molar-refractivity contribution in [1.29, 1.82) is 0 Å². The SMILES string of the molecule is O=C(c1cc(-c2ccc(Cl)cc2)nc2ccccc12)N1CCN(Cc2ccccc2)CC1. The van der Waals surface area contributed by atoms with Crippen molar-refractivity contribution in [2.24, 2.45) is 0 Å². The minimum Gasteiger partial charge on any atom is -0.336 e. The summed E-state index contributed by atoms with van der Waals surface area (Å²) in [6, 6.07) is 27.8. The Balaban J connectivity index is 1.39. The molecule has 1 aliphatic rings. The van der Waals surface area contributed by atoms with Gasteiger partial charge >= 0.3 is 0 Å². The number of carbonyl (C=O) groups is 1. The fourth-order valence-electron chi connectivity index (χ4n) is 4.24. The summed E-state index contributed by atoms with van der Waals surface area (Å²) in [6.45, 7) is 4.10. The third-order valence-electron chi connectivity index (χ3n) is 6.00. The van der Waals surface area contributed by atoms with Crippen LogP contribution in [0.4, 0.5) is 0 Å². The zero-order valence-electron chi connectivity index (χ0n) is 17.7. The first kappa shape index (κ1) is 20.7. The first-order chi connectivity index (χ1) is 15.7. The van der Waals surface area contributed by atoms with Gasteiger partial charge in [-0.3, -0.25) is 9.69 Å². The van der Waals surface area contributed by atoms with Crippen LogP contribution >= 0.6 is 11.6 Å². The van der Waals surface area contributed by atoms with Gasteiger partial charge in [-0.1, -0.05) is 72.3 Å². The van der Waals surface area contributed by atoms with Gasteiger partial charge < -0.3 is 4.90 Å². The fourth-order valence-corrected chi connectivity index (χ4v) is 4.37. The fraction of sp³-hybridized carbons (Fsp3) is 0.185. The van der Waals surface area contributed by atoms with Crippen molar-refractivity contribution in [2.45, 2.75) is 6.54 Å². The normalized spacial score (nSPS) is 14.6. The average Bonchev–Trinajstić information content (AvgIpc) is 2.84. The minimum absolute atomic E-state index is 0.0678. The van der Waals surface area contributed by atoms with Gasteiger partial charge in [0.15, 0.2) is 0 Å². The minimum atomic E-state index is 0.0678. The van der Waals surface area contributed by atoms with E-state index in [1.807, 2.05) is 65.6 Å². The second-order valence-corrected chi connectivity index (χ2v) is 8.57. The molecule has 0 radical (unpaired) electrons. The third-order valence-corrected chi connectivity index (χ3v) is 6.25. The molecule has 0 aliphatic carbocycles. The van der Waals surface area contributed by atoms with E-state index in [4.69, 9.17) is 16.6 Å². The Bertz CT molecular complexity index is 1230. The molecule has 5 rings (SSSR count). The number of amides is 1. The maximum absolute atomic E-state index is 13.6. The number of aromatic nitrogens is 1. The Labute approximate surface area is 193 Å². The van der Waals surface area contributed by atoms with Crippen LogP contribution in [0.15, 0.2) is 84.9 Å². The van der Waals surface area contributed by atoms with Crippen LogP contribution in [0.2, 0.25) is 5.02 Å². The van der Waals surface area contributed by atoms with Crippen molar-refractivity contribution < 1.29 is 4.79 Å². The van der Waals surface area contributed by atoms with Crippen LogP contribution in [0.1, 0.15) is 15.9 Å². The maximum atomic E-state index is 13.6. The highest BCUT2D eigenvalue weighted by atomic mass is 35.5. The Kier molecular flexibility index (Phi) is 5.89. The highest BCUT2D eigenvalue weighted by Crippen LogP contribution is 2.27. The molecule has 0 saturated carbocycles. The number of halogens is 1. The van der Waals surface area contributed by atoms with Gasteiger partial charge in [-0.25, -0.2) is 4.98 Å². The summed E-state index contributed by atoms with van der Waals surface area (Å²) in [5.74, 6) is 0.0678. The molecule has 160 valence electrons. The predicted octanol–water partition coefficient (Wildman–Crippen LogP) is 5.51. The van der Waals surface area contributed by atoms with Crippen molar-refractivity contribution in [3.8, 4) is 11.3 Å². The Morgan fingerprint density at radius 2 is 1.53 bits per heavy atom. The quantitative estimate of drug-likeness (QED) is 0.418. The first-order valence-electron chi connectivity index (χ1n) is 10.9. The molecule has 4 aromatic rings. The number of pyridine rings is 1. The summed E-state index contributed by atoms with van der Waals surface area (Å²) < 4.78 is 0. The maximum Gasteiger partial charge on any atom is 0.254 e. The lowest BCUT2D eigenvalue weighted by Gasteiger charge is -2.35. The first-order valence-corrected chi connectivity index (χ1v) is 11.3. The van der Waals surface area contributed by atoms with E-state index in [1.54, 1.807) is 0 Å². The molecule has 1 aromatic heterocycles. The van der Waals surface area contributed by atoms with Crippen LogP contribution in [-0.4, -0.2) is 46.9 Å². The lowest BCUT2D eigenvalue weighted by molar-refractivity contribution is 0.0630. The molecule has 3 aromatic carbocycles. The van der Waals surface area contributed by atoms with E-state index in [2.05, 4.69) is 29.2 Å². The van der Waals surface area contributed by atoms with Crippen molar-refractivity contribution in [2.75, 3.05) is 26.2 Å². The zero-order chi connectivity index (χ0) is 21.9. The number of fused-ring (bicyclic) bond motifs is 1. The number of benzene rings is 3. The van der Waals surface area contributed by atoms with Gasteiger partial charge in [-0.2, -0.15) is 0 Å². The van der Waals surface area contributed by atoms with E-state index in [-0.39, 0.29) is 5.91 Å². The van der Waals surface area contributed by atoms with Gasteiger partial charge in [0.25, 0.3) is 5.91 Å². The van der Waals surface area contributed by atoms with E-state index in [9.17, 15) is 4.79 Å². The molecule has 0 bridgehead atoms. The average molecular weight is 442 g/mol. The van der Waals surface area contributed by atoms with E-state index >= 15 is 0 Å². The van der Waals surface area contributed by atoms with E-state index in [0.717, 1.165) is 54.9 Å². The standard InChI is InChI=1S/C27H24ClN3O/c28-22-12-10-21(11-13-22)26-18-24(23-8-4-5-9-25(23)29-26)27(32)31-16-14-30(15-17-31)19-20-6-2-1-3-7-20/h1-13,18H,14-17,19H2. The Hall–Kier alpha value is -3.21. The highest BCUT2D eigenvalue weighted by molar-refractivity contribution is 6.30. The molecule has 4 nitrogen and oxygen atoms in total. The van der Waals surface area contributed by atoms with Crippen LogP contribution in [0.3, 0.4) is 0 Å².